The standard InChI is InChI=1S/C13H24N2O/c1-3-8-15(12-6-7-12)13(10-16-2)9-14-11-4-5-11/h3,11-14H,1,4-10H2,2H3. The Hall–Kier alpha value is -0.380. The first-order valence-electron chi connectivity index (χ1n) is 6.44. The first-order chi connectivity index (χ1) is 7.85. The van der Waals surface area contributed by atoms with E-state index < -0.39 is 0 Å². The monoisotopic (exact) mass is 224 g/mol. The molecule has 0 aromatic carbocycles. The molecule has 2 aliphatic rings. The van der Waals surface area contributed by atoms with Crippen molar-refractivity contribution in [3.63, 3.8) is 0 Å². The molecular weight excluding hydrogens is 200 g/mol. The summed E-state index contributed by atoms with van der Waals surface area (Å²) in [4.78, 5) is 2.55. The maximum Gasteiger partial charge on any atom is 0.0630 e. The smallest absolute Gasteiger partial charge is 0.0630 e. The van der Waals surface area contributed by atoms with Gasteiger partial charge in [0.05, 0.1) is 6.61 Å². The lowest BCUT2D eigenvalue weighted by Gasteiger charge is -2.30. The van der Waals surface area contributed by atoms with Crippen LogP contribution in [-0.2, 0) is 4.74 Å². The first kappa shape index (κ1) is 12.1. The van der Waals surface area contributed by atoms with Gasteiger partial charge in [0, 0.05) is 38.3 Å². The quantitative estimate of drug-likeness (QED) is 0.599. The van der Waals surface area contributed by atoms with Crippen LogP contribution in [0.15, 0.2) is 12.7 Å². The summed E-state index contributed by atoms with van der Waals surface area (Å²) in [7, 11) is 1.79. The molecule has 0 spiro atoms. The Morgan fingerprint density at radius 2 is 2.19 bits per heavy atom. The Morgan fingerprint density at radius 1 is 1.44 bits per heavy atom. The number of hydrogen-bond donors (Lipinski definition) is 1. The van der Waals surface area contributed by atoms with E-state index in [2.05, 4.69) is 16.8 Å². The molecular formula is C13H24N2O. The van der Waals surface area contributed by atoms with E-state index in [4.69, 9.17) is 4.74 Å². The fourth-order valence-electron chi connectivity index (χ4n) is 2.21. The van der Waals surface area contributed by atoms with E-state index in [1.54, 1.807) is 7.11 Å². The molecule has 1 unspecified atom stereocenters. The molecule has 3 heteroatoms. The van der Waals surface area contributed by atoms with Crippen LogP contribution < -0.4 is 5.32 Å². The zero-order chi connectivity index (χ0) is 11.4. The van der Waals surface area contributed by atoms with Crippen LogP contribution in [-0.4, -0.2) is 49.8 Å². The fraction of sp³-hybridized carbons (Fsp3) is 0.846. The van der Waals surface area contributed by atoms with Crippen LogP contribution in [0.3, 0.4) is 0 Å². The van der Waals surface area contributed by atoms with E-state index in [1.807, 2.05) is 6.08 Å². The van der Waals surface area contributed by atoms with E-state index in [-0.39, 0.29) is 0 Å². The van der Waals surface area contributed by atoms with Crippen LogP contribution in [0.5, 0.6) is 0 Å². The summed E-state index contributed by atoms with van der Waals surface area (Å²) in [5, 5.41) is 3.61. The summed E-state index contributed by atoms with van der Waals surface area (Å²) in [6.07, 6.45) is 7.41. The highest BCUT2D eigenvalue weighted by Gasteiger charge is 2.33. The predicted octanol–water partition coefficient (Wildman–Crippen LogP) is 1.40. The van der Waals surface area contributed by atoms with E-state index >= 15 is 0 Å². The van der Waals surface area contributed by atoms with Crippen molar-refractivity contribution in [2.75, 3.05) is 26.8 Å². The van der Waals surface area contributed by atoms with Gasteiger partial charge in [0.2, 0.25) is 0 Å². The number of ether oxygens (including phenoxy) is 1. The van der Waals surface area contributed by atoms with Crippen molar-refractivity contribution in [2.45, 2.75) is 43.8 Å². The average molecular weight is 224 g/mol. The van der Waals surface area contributed by atoms with Crippen LogP contribution >= 0.6 is 0 Å². The third kappa shape index (κ3) is 3.58. The topological polar surface area (TPSA) is 24.5 Å². The molecule has 2 saturated carbocycles. The summed E-state index contributed by atoms with van der Waals surface area (Å²) < 4.78 is 5.35. The Kier molecular flexibility index (Phi) is 4.38. The maximum atomic E-state index is 5.35. The molecule has 3 nitrogen and oxygen atoms in total. The van der Waals surface area contributed by atoms with Gasteiger partial charge in [0.15, 0.2) is 0 Å². The molecule has 1 atom stereocenters. The van der Waals surface area contributed by atoms with Crippen LogP contribution in [0.1, 0.15) is 25.7 Å². The van der Waals surface area contributed by atoms with Gasteiger partial charge in [-0.2, -0.15) is 0 Å². The van der Waals surface area contributed by atoms with Crippen molar-refractivity contribution in [1.29, 1.82) is 0 Å². The Labute approximate surface area is 98.8 Å². The Morgan fingerprint density at radius 3 is 2.69 bits per heavy atom. The Bertz CT molecular complexity index is 224. The molecule has 0 heterocycles. The Balaban J connectivity index is 1.82. The van der Waals surface area contributed by atoms with Crippen molar-refractivity contribution in [1.82, 2.24) is 10.2 Å². The van der Waals surface area contributed by atoms with E-state index in [0.717, 1.165) is 31.8 Å². The van der Waals surface area contributed by atoms with E-state index in [9.17, 15) is 0 Å². The van der Waals surface area contributed by atoms with Crippen LogP contribution in [0.2, 0.25) is 0 Å². The van der Waals surface area contributed by atoms with Crippen LogP contribution in [0.25, 0.3) is 0 Å². The van der Waals surface area contributed by atoms with Gasteiger partial charge in [-0.25, -0.2) is 0 Å². The lowest BCUT2D eigenvalue weighted by Crippen LogP contribution is -2.46. The highest BCUT2D eigenvalue weighted by atomic mass is 16.5. The highest BCUT2D eigenvalue weighted by Crippen LogP contribution is 2.29. The molecule has 0 amide bonds. The molecule has 0 saturated heterocycles. The van der Waals surface area contributed by atoms with Gasteiger partial charge in [-0.3, -0.25) is 4.90 Å². The SMILES string of the molecule is C=CCN(C1CC1)C(CNC1CC1)COC. The van der Waals surface area contributed by atoms with Crippen molar-refractivity contribution in [3.05, 3.63) is 12.7 Å². The second kappa shape index (κ2) is 5.80. The molecule has 0 radical (unpaired) electrons. The lowest BCUT2D eigenvalue weighted by atomic mass is 10.2. The van der Waals surface area contributed by atoms with Gasteiger partial charge >= 0.3 is 0 Å². The summed E-state index contributed by atoms with van der Waals surface area (Å²) in [5.41, 5.74) is 0. The van der Waals surface area contributed by atoms with Gasteiger partial charge in [0.25, 0.3) is 0 Å². The zero-order valence-corrected chi connectivity index (χ0v) is 10.3. The zero-order valence-electron chi connectivity index (χ0n) is 10.3. The molecule has 2 fully saturated rings. The summed E-state index contributed by atoms with van der Waals surface area (Å²) in [6.45, 7) is 6.73. The van der Waals surface area contributed by atoms with Gasteiger partial charge in [0.1, 0.15) is 0 Å². The number of rotatable bonds is 9. The third-order valence-electron chi connectivity index (χ3n) is 3.40. The normalized spacial score (nSPS) is 22.4. The van der Waals surface area contributed by atoms with Gasteiger partial charge in [-0.05, 0) is 25.7 Å². The van der Waals surface area contributed by atoms with Crippen LogP contribution in [0.4, 0.5) is 0 Å². The molecule has 2 aliphatic carbocycles. The molecule has 0 aromatic heterocycles. The van der Waals surface area contributed by atoms with Crippen LogP contribution in [0, 0.1) is 0 Å². The number of nitrogens with zero attached hydrogens (tertiary/aromatic N) is 1. The maximum absolute atomic E-state index is 5.35. The summed E-state index contributed by atoms with van der Waals surface area (Å²) in [5.74, 6) is 0. The largest absolute Gasteiger partial charge is 0.383 e. The van der Waals surface area contributed by atoms with Gasteiger partial charge in [-0.15, -0.1) is 6.58 Å². The molecule has 2 rings (SSSR count). The average Bonchev–Trinajstić information content (AvgIpc) is 3.16. The summed E-state index contributed by atoms with van der Waals surface area (Å²) >= 11 is 0. The predicted molar refractivity (Wildman–Crippen MR) is 66.6 cm³/mol. The number of nitrogens with one attached hydrogen (secondary N) is 1. The van der Waals surface area contributed by atoms with Gasteiger partial charge in [-0.1, -0.05) is 6.08 Å². The van der Waals surface area contributed by atoms with E-state index in [1.165, 1.54) is 25.7 Å². The molecule has 16 heavy (non-hydrogen) atoms. The van der Waals surface area contributed by atoms with Crippen molar-refractivity contribution in [2.24, 2.45) is 0 Å². The first-order valence-corrected chi connectivity index (χ1v) is 6.44. The minimum atomic E-state index is 0.510. The van der Waals surface area contributed by atoms with Crippen molar-refractivity contribution in [3.8, 4) is 0 Å². The van der Waals surface area contributed by atoms with Gasteiger partial charge < -0.3 is 10.1 Å². The molecule has 0 bridgehead atoms. The third-order valence-corrected chi connectivity index (χ3v) is 3.40. The second-order valence-corrected chi connectivity index (χ2v) is 5.01. The molecule has 0 aromatic rings. The molecule has 92 valence electrons. The number of hydrogen-bond acceptors (Lipinski definition) is 3. The minimum absolute atomic E-state index is 0.510. The van der Waals surface area contributed by atoms with Crippen molar-refractivity contribution >= 4 is 0 Å². The van der Waals surface area contributed by atoms with E-state index in [0.29, 0.717) is 6.04 Å². The number of methoxy groups -OCH3 is 1. The van der Waals surface area contributed by atoms with Crippen molar-refractivity contribution < 1.29 is 4.74 Å². The second-order valence-electron chi connectivity index (χ2n) is 5.01. The molecule has 1 N–H and O–H groups in total. The minimum Gasteiger partial charge on any atom is -0.383 e. The molecule has 0 aliphatic heterocycles. The lowest BCUT2D eigenvalue weighted by molar-refractivity contribution is 0.0914. The highest BCUT2D eigenvalue weighted by molar-refractivity contribution is 4.94. The fourth-order valence-corrected chi connectivity index (χ4v) is 2.21. The summed E-state index contributed by atoms with van der Waals surface area (Å²) in [6, 6.07) is 2.07.